The number of hydrogen-bond acceptors (Lipinski definition) is 4. The van der Waals surface area contributed by atoms with Gasteiger partial charge in [0.25, 0.3) is 0 Å². The molecule has 1 unspecified atom stereocenters. The lowest BCUT2D eigenvalue weighted by atomic mass is 9.81. The summed E-state index contributed by atoms with van der Waals surface area (Å²) < 4.78 is 5.35. The summed E-state index contributed by atoms with van der Waals surface area (Å²) in [6, 6.07) is 10.4. The van der Waals surface area contributed by atoms with Gasteiger partial charge < -0.3 is 4.52 Å². The van der Waals surface area contributed by atoms with E-state index in [4.69, 9.17) is 9.78 Å². The Morgan fingerprint density at radius 1 is 1.24 bits per heavy atom. The molecule has 21 heavy (non-hydrogen) atoms. The summed E-state index contributed by atoms with van der Waals surface area (Å²) in [5.74, 6) is 1.22. The minimum absolute atomic E-state index is 0.107. The van der Waals surface area contributed by atoms with Gasteiger partial charge in [-0.3, -0.25) is 0 Å². The second-order valence-electron chi connectivity index (χ2n) is 5.74. The highest BCUT2D eigenvalue weighted by atomic mass is 16.5. The Labute approximate surface area is 125 Å². The van der Waals surface area contributed by atoms with Crippen LogP contribution in [0.1, 0.15) is 45.1 Å². The van der Waals surface area contributed by atoms with E-state index in [1.807, 2.05) is 12.1 Å². The lowest BCUT2D eigenvalue weighted by Gasteiger charge is -2.22. The van der Waals surface area contributed by atoms with Crippen molar-refractivity contribution < 1.29 is 4.52 Å². The Hall–Kier alpha value is -2.15. The van der Waals surface area contributed by atoms with Crippen LogP contribution in [-0.4, -0.2) is 10.1 Å². The molecule has 0 spiro atoms. The molecule has 1 aromatic carbocycles. The van der Waals surface area contributed by atoms with E-state index in [9.17, 15) is 0 Å². The number of hydrogen-bond donors (Lipinski definition) is 0. The molecule has 0 amide bonds. The predicted molar refractivity (Wildman–Crippen MR) is 81.4 cm³/mol. The molecule has 0 fully saturated rings. The number of aryl methyl sites for hydroxylation is 1. The van der Waals surface area contributed by atoms with Crippen LogP contribution in [0.2, 0.25) is 0 Å². The highest BCUT2D eigenvalue weighted by Crippen LogP contribution is 2.30. The van der Waals surface area contributed by atoms with Gasteiger partial charge in [-0.2, -0.15) is 10.2 Å². The van der Waals surface area contributed by atoms with Crippen LogP contribution in [-0.2, 0) is 12.8 Å². The molecule has 0 saturated carbocycles. The number of nitrogens with zero attached hydrogens (tertiary/aromatic N) is 3. The fraction of sp³-hybridized carbons (Fsp3) is 0.471. The fourth-order valence-corrected chi connectivity index (χ4v) is 2.20. The number of aromatic nitrogens is 2. The molecule has 0 aliphatic rings. The van der Waals surface area contributed by atoms with Crippen LogP contribution in [0.4, 0.5) is 0 Å². The molecular formula is C17H21N3O. The summed E-state index contributed by atoms with van der Waals surface area (Å²) in [5.41, 5.74) is 2.14. The second-order valence-corrected chi connectivity index (χ2v) is 5.74. The van der Waals surface area contributed by atoms with Crippen LogP contribution >= 0.6 is 0 Å². The molecule has 0 saturated heterocycles. The first-order valence-corrected chi connectivity index (χ1v) is 7.39. The smallest absolute Gasteiger partial charge is 0.227 e. The van der Waals surface area contributed by atoms with Gasteiger partial charge in [-0.1, -0.05) is 50.2 Å². The highest BCUT2D eigenvalue weighted by molar-refractivity contribution is 5.54. The largest absolute Gasteiger partial charge is 0.339 e. The average Bonchev–Trinajstić information content (AvgIpc) is 2.96. The molecule has 1 heterocycles. The molecule has 0 aliphatic heterocycles. The summed E-state index contributed by atoms with van der Waals surface area (Å²) in [7, 11) is 0. The fourth-order valence-electron chi connectivity index (χ4n) is 2.20. The molecule has 1 aromatic heterocycles. The van der Waals surface area contributed by atoms with E-state index in [1.54, 1.807) is 0 Å². The van der Waals surface area contributed by atoms with Crippen molar-refractivity contribution in [1.82, 2.24) is 10.1 Å². The zero-order valence-electron chi connectivity index (χ0n) is 12.9. The van der Waals surface area contributed by atoms with Crippen LogP contribution in [0.3, 0.4) is 0 Å². The van der Waals surface area contributed by atoms with E-state index < -0.39 is 0 Å². The Morgan fingerprint density at radius 3 is 2.52 bits per heavy atom. The maximum absolute atomic E-state index is 8.93. The Bertz CT molecular complexity index is 624. The van der Waals surface area contributed by atoms with Gasteiger partial charge in [0, 0.05) is 18.4 Å². The normalized spacial score (nSPS) is 13.6. The van der Waals surface area contributed by atoms with Gasteiger partial charge in [0.1, 0.15) is 0 Å². The van der Waals surface area contributed by atoms with Gasteiger partial charge in [0.05, 0.1) is 6.07 Å². The minimum atomic E-state index is -0.107. The van der Waals surface area contributed by atoms with Crippen molar-refractivity contribution >= 4 is 0 Å². The zero-order chi connectivity index (χ0) is 15.3. The van der Waals surface area contributed by atoms with Crippen molar-refractivity contribution in [3.8, 4) is 17.5 Å². The Balaban J connectivity index is 2.15. The molecule has 110 valence electrons. The van der Waals surface area contributed by atoms with E-state index >= 15 is 0 Å². The number of benzene rings is 1. The Kier molecular flexibility index (Phi) is 4.74. The van der Waals surface area contributed by atoms with E-state index in [1.165, 1.54) is 5.56 Å². The quantitative estimate of drug-likeness (QED) is 0.798. The van der Waals surface area contributed by atoms with E-state index in [0.717, 1.165) is 18.4 Å². The summed E-state index contributed by atoms with van der Waals surface area (Å²) in [6.07, 6.45) is 3.05. The van der Waals surface area contributed by atoms with E-state index in [2.05, 4.69) is 49.1 Å². The minimum Gasteiger partial charge on any atom is -0.339 e. The molecule has 2 rings (SSSR count). The van der Waals surface area contributed by atoms with Crippen molar-refractivity contribution in [3.63, 3.8) is 0 Å². The molecule has 0 bridgehead atoms. The molecule has 4 heteroatoms. The molecule has 1 atom stereocenters. The van der Waals surface area contributed by atoms with Crippen molar-refractivity contribution in [2.24, 2.45) is 5.41 Å². The van der Waals surface area contributed by atoms with E-state index in [0.29, 0.717) is 24.6 Å². The first-order chi connectivity index (χ1) is 10.1. The summed E-state index contributed by atoms with van der Waals surface area (Å²) in [6.45, 7) is 6.29. The standard InChI is InChI=1S/C17H21N3O/c1-4-13-6-8-14(9-7-13)16-19-15(21-20-16)12-17(3,5-2)10-11-18/h6-9H,4-5,10,12H2,1-3H3. The summed E-state index contributed by atoms with van der Waals surface area (Å²) in [4.78, 5) is 4.46. The lowest BCUT2D eigenvalue weighted by Crippen LogP contribution is -2.18. The molecule has 2 aromatic rings. The van der Waals surface area contributed by atoms with Gasteiger partial charge in [0.2, 0.25) is 11.7 Å². The van der Waals surface area contributed by atoms with Crippen LogP contribution in [0.25, 0.3) is 11.4 Å². The third-order valence-corrected chi connectivity index (χ3v) is 4.03. The third kappa shape index (κ3) is 3.69. The van der Waals surface area contributed by atoms with Crippen LogP contribution in [0, 0.1) is 16.7 Å². The Morgan fingerprint density at radius 2 is 1.95 bits per heavy atom. The van der Waals surface area contributed by atoms with Gasteiger partial charge in [-0.25, -0.2) is 0 Å². The summed E-state index contributed by atoms with van der Waals surface area (Å²) >= 11 is 0. The first-order valence-electron chi connectivity index (χ1n) is 7.39. The SMILES string of the molecule is CCc1ccc(-c2noc(CC(C)(CC)CC#N)n2)cc1. The molecule has 0 radical (unpaired) electrons. The van der Waals surface area contributed by atoms with Gasteiger partial charge in [-0.05, 0) is 23.8 Å². The third-order valence-electron chi connectivity index (χ3n) is 4.03. The second kappa shape index (κ2) is 6.53. The maximum atomic E-state index is 8.93. The van der Waals surface area contributed by atoms with Crippen LogP contribution in [0.5, 0.6) is 0 Å². The zero-order valence-corrected chi connectivity index (χ0v) is 12.9. The van der Waals surface area contributed by atoms with Crippen molar-refractivity contribution in [2.75, 3.05) is 0 Å². The molecular weight excluding hydrogens is 262 g/mol. The van der Waals surface area contributed by atoms with Gasteiger partial charge in [-0.15, -0.1) is 0 Å². The monoisotopic (exact) mass is 283 g/mol. The van der Waals surface area contributed by atoms with Crippen LogP contribution in [0.15, 0.2) is 28.8 Å². The van der Waals surface area contributed by atoms with Crippen LogP contribution < -0.4 is 0 Å². The summed E-state index contributed by atoms with van der Waals surface area (Å²) in [5, 5.41) is 13.0. The topological polar surface area (TPSA) is 62.7 Å². The van der Waals surface area contributed by atoms with Crippen molar-refractivity contribution in [1.29, 1.82) is 5.26 Å². The van der Waals surface area contributed by atoms with Crippen molar-refractivity contribution in [3.05, 3.63) is 35.7 Å². The average molecular weight is 283 g/mol. The van der Waals surface area contributed by atoms with Gasteiger partial charge in [0.15, 0.2) is 0 Å². The van der Waals surface area contributed by atoms with E-state index in [-0.39, 0.29) is 5.41 Å². The molecule has 0 N–H and O–H groups in total. The highest BCUT2D eigenvalue weighted by Gasteiger charge is 2.25. The lowest BCUT2D eigenvalue weighted by molar-refractivity contribution is 0.266. The molecule has 0 aliphatic carbocycles. The first kappa shape index (κ1) is 15.2. The maximum Gasteiger partial charge on any atom is 0.227 e. The van der Waals surface area contributed by atoms with Gasteiger partial charge >= 0.3 is 0 Å². The van der Waals surface area contributed by atoms with Crippen molar-refractivity contribution in [2.45, 2.75) is 46.5 Å². The number of nitriles is 1. The molecule has 4 nitrogen and oxygen atoms in total. The predicted octanol–water partition coefficient (Wildman–Crippen LogP) is 4.17. The number of rotatable bonds is 6.